The van der Waals surface area contributed by atoms with E-state index in [0.29, 0.717) is 23.7 Å². The molecule has 0 aliphatic heterocycles. The molecule has 0 spiro atoms. The summed E-state index contributed by atoms with van der Waals surface area (Å²) < 4.78 is 15.1. The Morgan fingerprint density at radius 2 is 1.65 bits per heavy atom. The van der Waals surface area contributed by atoms with Crippen LogP contribution < -0.4 is 0 Å². The molecule has 4 aliphatic rings. The summed E-state index contributed by atoms with van der Waals surface area (Å²) in [4.78, 5) is 0. The minimum atomic E-state index is -0.670. The molecule has 0 amide bonds. The molecule has 0 heterocycles. The SMILES string of the molecule is CC[C@H]1CC[C@H]2[C@@H]3C[C@@H](F)[C@H]4C[C@](C)(O)CC[C@@H]4[C@H]3CC[C@]12C. The highest BCUT2D eigenvalue weighted by atomic mass is 19.1. The highest BCUT2D eigenvalue weighted by Crippen LogP contribution is 2.65. The first-order valence-corrected chi connectivity index (χ1v) is 10.2. The van der Waals surface area contributed by atoms with Gasteiger partial charge in [0.2, 0.25) is 0 Å². The lowest BCUT2D eigenvalue weighted by Gasteiger charge is -2.57. The minimum absolute atomic E-state index is 0.132. The summed E-state index contributed by atoms with van der Waals surface area (Å²) in [6, 6.07) is 0. The van der Waals surface area contributed by atoms with Crippen LogP contribution in [0.2, 0.25) is 0 Å². The maximum absolute atomic E-state index is 15.1. The molecule has 2 heteroatoms. The topological polar surface area (TPSA) is 20.2 Å². The van der Waals surface area contributed by atoms with E-state index in [1.54, 1.807) is 0 Å². The minimum Gasteiger partial charge on any atom is -0.390 e. The molecule has 4 fully saturated rings. The third kappa shape index (κ3) is 2.41. The first kappa shape index (κ1) is 16.4. The fourth-order valence-corrected chi connectivity index (χ4v) is 7.78. The van der Waals surface area contributed by atoms with Gasteiger partial charge in [0.15, 0.2) is 0 Å². The highest BCUT2D eigenvalue weighted by molar-refractivity contribution is 5.08. The van der Waals surface area contributed by atoms with Gasteiger partial charge >= 0.3 is 0 Å². The quantitative estimate of drug-likeness (QED) is 0.688. The molecule has 1 nitrogen and oxygen atoms in total. The monoisotopic (exact) mass is 322 g/mol. The van der Waals surface area contributed by atoms with Gasteiger partial charge in [-0.1, -0.05) is 20.3 Å². The number of halogens is 1. The summed E-state index contributed by atoms with van der Waals surface area (Å²) in [7, 11) is 0. The molecule has 4 aliphatic carbocycles. The second kappa shape index (κ2) is 5.44. The number of rotatable bonds is 1. The van der Waals surface area contributed by atoms with Gasteiger partial charge in [-0.05, 0) is 99.2 Å². The molecule has 1 N–H and O–H groups in total. The van der Waals surface area contributed by atoms with Gasteiger partial charge in [-0.3, -0.25) is 0 Å². The first-order chi connectivity index (χ1) is 10.9. The summed E-state index contributed by atoms with van der Waals surface area (Å²) in [6.07, 6.45) is 9.47. The number of fused-ring (bicyclic) bond motifs is 5. The molecule has 0 radical (unpaired) electrons. The molecule has 23 heavy (non-hydrogen) atoms. The van der Waals surface area contributed by atoms with E-state index < -0.39 is 11.8 Å². The fraction of sp³-hybridized carbons (Fsp3) is 1.00. The van der Waals surface area contributed by atoms with Crippen molar-refractivity contribution in [3.05, 3.63) is 0 Å². The highest BCUT2D eigenvalue weighted by Gasteiger charge is 2.58. The molecule has 0 aromatic carbocycles. The van der Waals surface area contributed by atoms with Crippen molar-refractivity contribution in [2.75, 3.05) is 0 Å². The van der Waals surface area contributed by atoms with Crippen molar-refractivity contribution in [2.45, 2.75) is 90.3 Å². The third-order valence-electron chi connectivity index (χ3n) is 8.94. The van der Waals surface area contributed by atoms with E-state index in [4.69, 9.17) is 0 Å². The van der Waals surface area contributed by atoms with E-state index in [2.05, 4.69) is 13.8 Å². The summed E-state index contributed by atoms with van der Waals surface area (Å²) in [5.74, 6) is 3.70. The van der Waals surface area contributed by atoms with Gasteiger partial charge in [0.05, 0.1) is 5.60 Å². The number of aliphatic hydroxyl groups is 1. The van der Waals surface area contributed by atoms with Gasteiger partial charge in [0, 0.05) is 0 Å². The van der Waals surface area contributed by atoms with E-state index in [1.807, 2.05) is 6.92 Å². The molecular formula is C21H35FO. The first-order valence-electron chi connectivity index (χ1n) is 10.2. The van der Waals surface area contributed by atoms with Crippen LogP contribution in [0, 0.1) is 40.9 Å². The van der Waals surface area contributed by atoms with E-state index in [1.165, 1.54) is 32.1 Å². The van der Waals surface area contributed by atoms with Crippen molar-refractivity contribution >= 4 is 0 Å². The smallest absolute Gasteiger partial charge is 0.104 e. The Labute approximate surface area is 141 Å². The standard InChI is InChI=1S/C21H35FO/c1-4-13-5-6-18-16-11-19(22)17-12-20(2,23)9-7-15(17)14(16)8-10-21(13,18)3/h13-19,23H,4-12H2,1-3H3/t13-,14+,15+,16+,17-,18-,19+,20+,21+/m0/s1. The van der Waals surface area contributed by atoms with Crippen LogP contribution in [0.25, 0.3) is 0 Å². The van der Waals surface area contributed by atoms with Gasteiger partial charge in [-0.15, -0.1) is 0 Å². The van der Waals surface area contributed by atoms with Gasteiger partial charge in [-0.2, -0.15) is 0 Å². The number of hydrogen-bond acceptors (Lipinski definition) is 1. The van der Waals surface area contributed by atoms with Crippen LogP contribution in [0.4, 0.5) is 4.39 Å². The summed E-state index contributed by atoms with van der Waals surface area (Å²) in [5.41, 5.74) is -0.134. The number of hydrogen-bond donors (Lipinski definition) is 1. The Morgan fingerprint density at radius 3 is 2.39 bits per heavy atom. The summed E-state index contributed by atoms with van der Waals surface area (Å²) in [6.45, 7) is 6.80. The molecule has 0 unspecified atom stereocenters. The van der Waals surface area contributed by atoms with Crippen LogP contribution >= 0.6 is 0 Å². The fourth-order valence-electron chi connectivity index (χ4n) is 7.78. The normalized spacial score (nSPS) is 59.1. The summed E-state index contributed by atoms with van der Waals surface area (Å²) >= 11 is 0. The van der Waals surface area contributed by atoms with Crippen molar-refractivity contribution in [2.24, 2.45) is 40.9 Å². The zero-order chi connectivity index (χ0) is 16.4. The molecule has 0 aromatic rings. The Bertz CT molecular complexity index is 461. The van der Waals surface area contributed by atoms with Crippen LogP contribution in [-0.2, 0) is 0 Å². The lowest BCUT2D eigenvalue weighted by atomic mass is 9.48. The zero-order valence-electron chi connectivity index (χ0n) is 15.2. The lowest BCUT2D eigenvalue weighted by molar-refractivity contribution is -0.126. The maximum atomic E-state index is 15.1. The Kier molecular flexibility index (Phi) is 3.87. The lowest BCUT2D eigenvalue weighted by Crippen LogP contribution is -2.53. The average Bonchev–Trinajstić information content (AvgIpc) is 2.84. The molecule has 9 atom stereocenters. The maximum Gasteiger partial charge on any atom is 0.104 e. The van der Waals surface area contributed by atoms with Crippen molar-refractivity contribution in [1.82, 2.24) is 0 Å². The van der Waals surface area contributed by atoms with Crippen LogP contribution in [0.1, 0.15) is 78.6 Å². The third-order valence-corrected chi connectivity index (χ3v) is 8.94. The predicted octanol–water partition coefficient (Wildman–Crippen LogP) is 5.36. The van der Waals surface area contributed by atoms with Crippen molar-refractivity contribution < 1.29 is 9.50 Å². The molecule has 0 saturated heterocycles. The van der Waals surface area contributed by atoms with E-state index in [-0.39, 0.29) is 5.92 Å². The van der Waals surface area contributed by atoms with Gasteiger partial charge < -0.3 is 5.11 Å². The van der Waals surface area contributed by atoms with Gasteiger partial charge in [0.1, 0.15) is 6.17 Å². The predicted molar refractivity (Wildman–Crippen MR) is 91.8 cm³/mol. The molecule has 4 saturated carbocycles. The Hall–Kier alpha value is -0.110. The second-order valence-corrected chi connectivity index (χ2v) is 9.98. The van der Waals surface area contributed by atoms with Crippen LogP contribution in [-0.4, -0.2) is 16.9 Å². The molecule has 4 rings (SSSR count). The zero-order valence-corrected chi connectivity index (χ0v) is 15.2. The second-order valence-electron chi connectivity index (χ2n) is 9.98. The Balaban J connectivity index is 1.59. The average molecular weight is 323 g/mol. The van der Waals surface area contributed by atoms with Gasteiger partial charge in [-0.25, -0.2) is 4.39 Å². The largest absolute Gasteiger partial charge is 0.390 e. The van der Waals surface area contributed by atoms with Crippen molar-refractivity contribution in [1.29, 1.82) is 0 Å². The van der Waals surface area contributed by atoms with Gasteiger partial charge in [0.25, 0.3) is 0 Å². The van der Waals surface area contributed by atoms with E-state index >= 15 is 4.39 Å². The number of alkyl halides is 1. The van der Waals surface area contributed by atoms with Crippen LogP contribution in [0.15, 0.2) is 0 Å². The molecular weight excluding hydrogens is 287 g/mol. The summed E-state index contributed by atoms with van der Waals surface area (Å²) in [5, 5.41) is 10.4. The van der Waals surface area contributed by atoms with E-state index in [0.717, 1.165) is 37.0 Å². The van der Waals surface area contributed by atoms with E-state index in [9.17, 15) is 5.11 Å². The molecule has 0 bridgehead atoms. The Morgan fingerprint density at radius 1 is 0.957 bits per heavy atom. The molecule has 0 aromatic heterocycles. The van der Waals surface area contributed by atoms with Crippen LogP contribution in [0.5, 0.6) is 0 Å². The van der Waals surface area contributed by atoms with Crippen LogP contribution in [0.3, 0.4) is 0 Å². The van der Waals surface area contributed by atoms with Crippen molar-refractivity contribution in [3.63, 3.8) is 0 Å². The van der Waals surface area contributed by atoms with Crippen molar-refractivity contribution in [3.8, 4) is 0 Å². The molecule has 132 valence electrons.